The maximum atomic E-state index is 13.6. The van der Waals surface area contributed by atoms with Crippen molar-refractivity contribution in [2.45, 2.75) is 11.8 Å². The van der Waals surface area contributed by atoms with E-state index in [1.807, 2.05) is 47.4 Å². The zero-order valence-corrected chi connectivity index (χ0v) is 18.2. The number of amides is 1. The number of ether oxygens (including phenoxy) is 1. The van der Waals surface area contributed by atoms with Crippen molar-refractivity contribution in [3.63, 3.8) is 0 Å². The quantitative estimate of drug-likeness (QED) is 0.524. The van der Waals surface area contributed by atoms with Crippen LogP contribution in [-0.2, 0) is 4.74 Å². The summed E-state index contributed by atoms with van der Waals surface area (Å²) < 4.78 is 6.56. The number of hydrogen-bond acceptors (Lipinski definition) is 6. The third kappa shape index (κ3) is 4.80. The van der Waals surface area contributed by atoms with Crippen LogP contribution in [0.1, 0.15) is 17.3 Å². The van der Waals surface area contributed by atoms with Gasteiger partial charge in [0.05, 0.1) is 29.0 Å². The number of thioether (sulfide) groups is 1. The van der Waals surface area contributed by atoms with Crippen LogP contribution in [0.4, 0.5) is 5.13 Å². The number of benzene rings is 2. The van der Waals surface area contributed by atoms with Gasteiger partial charge < -0.3 is 4.74 Å². The molecule has 1 aliphatic heterocycles. The fourth-order valence-electron chi connectivity index (χ4n) is 3.40. The molecule has 29 heavy (non-hydrogen) atoms. The van der Waals surface area contributed by atoms with Gasteiger partial charge in [0, 0.05) is 31.1 Å². The second-order valence-electron chi connectivity index (χ2n) is 6.80. The molecule has 1 fully saturated rings. The summed E-state index contributed by atoms with van der Waals surface area (Å²) in [5.41, 5.74) is 1.69. The first kappa shape index (κ1) is 20.3. The molecule has 0 bridgehead atoms. The van der Waals surface area contributed by atoms with Gasteiger partial charge in [0.15, 0.2) is 5.13 Å². The molecule has 0 spiro atoms. The maximum Gasteiger partial charge on any atom is 0.261 e. The number of aromatic nitrogens is 1. The van der Waals surface area contributed by atoms with Crippen LogP contribution in [0.2, 0.25) is 0 Å². The molecule has 1 saturated heterocycles. The Labute approximate surface area is 179 Å². The molecule has 1 aromatic heterocycles. The maximum absolute atomic E-state index is 13.6. The van der Waals surface area contributed by atoms with Gasteiger partial charge in [-0.2, -0.15) is 0 Å². The standard InChI is InChI=1S/C22H25N3O2S2/c1-2-28-19-9-5-3-7-17(19)21(26)25(12-11-24-13-15-27-16-14-24)22-23-18-8-4-6-10-20(18)29-22/h3-10H,2,11-16H2,1H3. The number of thiazole rings is 1. The molecule has 3 aromatic rings. The summed E-state index contributed by atoms with van der Waals surface area (Å²) in [4.78, 5) is 23.6. The summed E-state index contributed by atoms with van der Waals surface area (Å²) in [5, 5.41) is 0.765. The van der Waals surface area contributed by atoms with Gasteiger partial charge in [-0.25, -0.2) is 4.98 Å². The number of anilines is 1. The lowest BCUT2D eigenvalue weighted by molar-refractivity contribution is 0.0391. The molecule has 1 aliphatic rings. The normalized spacial score (nSPS) is 14.9. The first-order chi connectivity index (χ1) is 14.3. The molecule has 0 atom stereocenters. The molecule has 7 heteroatoms. The summed E-state index contributed by atoms with van der Waals surface area (Å²) in [5.74, 6) is 0.952. The third-order valence-corrected chi connectivity index (χ3v) is 6.93. The first-order valence-corrected chi connectivity index (χ1v) is 11.8. The van der Waals surface area contributed by atoms with E-state index in [0.29, 0.717) is 6.54 Å². The minimum atomic E-state index is 0.0221. The lowest BCUT2D eigenvalue weighted by Crippen LogP contribution is -2.43. The largest absolute Gasteiger partial charge is 0.379 e. The Morgan fingerprint density at radius 2 is 1.93 bits per heavy atom. The molecule has 0 aliphatic carbocycles. The lowest BCUT2D eigenvalue weighted by Gasteiger charge is -2.29. The molecule has 0 saturated carbocycles. The molecule has 0 N–H and O–H groups in total. The summed E-state index contributed by atoms with van der Waals surface area (Å²) in [7, 11) is 0. The lowest BCUT2D eigenvalue weighted by atomic mass is 10.2. The number of carbonyl (C=O) groups excluding carboxylic acids is 1. The minimum Gasteiger partial charge on any atom is -0.379 e. The van der Waals surface area contributed by atoms with Crippen molar-refractivity contribution in [2.24, 2.45) is 0 Å². The van der Waals surface area contributed by atoms with Gasteiger partial charge in [-0.05, 0) is 30.0 Å². The molecule has 1 amide bonds. The third-order valence-electron chi connectivity index (χ3n) is 4.92. The predicted octanol–water partition coefficient (Wildman–Crippen LogP) is 4.39. The Morgan fingerprint density at radius 1 is 1.17 bits per heavy atom. The Bertz CT molecular complexity index is 936. The van der Waals surface area contributed by atoms with Crippen molar-refractivity contribution < 1.29 is 9.53 Å². The van der Waals surface area contributed by atoms with E-state index in [9.17, 15) is 4.79 Å². The Morgan fingerprint density at radius 3 is 2.72 bits per heavy atom. The molecule has 2 aromatic carbocycles. The smallest absolute Gasteiger partial charge is 0.261 e. The summed E-state index contributed by atoms with van der Waals surface area (Å²) in [6.45, 7) is 6.86. The van der Waals surface area contributed by atoms with Crippen LogP contribution in [0.5, 0.6) is 0 Å². The van der Waals surface area contributed by atoms with Crippen LogP contribution in [0.3, 0.4) is 0 Å². The van der Waals surface area contributed by atoms with Crippen LogP contribution in [0, 0.1) is 0 Å². The fourth-order valence-corrected chi connectivity index (χ4v) is 5.18. The zero-order chi connectivity index (χ0) is 20.1. The van der Waals surface area contributed by atoms with Gasteiger partial charge in [-0.3, -0.25) is 14.6 Å². The second kappa shape index (κ2) is 9.71. The van der Waals surface area contributed by atoms with Crippen molar-refractivity contribution >= 4 is 44.4 Å². The number of rotatable bonds is 7. The molecule has 4 rings (SSSR count). The average molecular weight is 428 g/mol. The highest BCUT2D eigenvalue weighted by Gasteiger charge is 2.24. The van der Waals surface area contributed by atoms with E-state index < -0.39 is 0 Å². The Balaban J connectivity index is 1.64. The van der Waals surface area contributed by atoms with Crippen molar-refractivity contribution in [1.82, 2.24) is 9.88 Å². The van der Waals surface area contributed by atoms with Crippen LogP contribution in [0.25, 0.3) is 10.2 Å². The van der Waals surface area contributed by atoms with E-state index in [1.54, 1.807) is 23.1 Å². The van der Waals surface area contributed by atoms with Crippen LogP contribution in [-0.4, -0.2) is 60.9 Å². The molecule has 0 radical (unpaired) electrons. The van der Waals surface area contributed by atoms with E-state index in [2.05, 4.69) is 17.9 Å². The van der Waals surface area contributed by atoms with Gasteiger partial charge in [0.25, 0.3) is 5.91 Å². The van der Waals surface area contributed by atoms with Gasteiger partial charge in [-0.1, -0.05) is 42.5 Å². The minimum absolute atomic E-state index is 0.0221. The van der Waals surface area contributed by atoms with Crippen LogP contribution < -0.4 is 4.90 Å². The van der Waals surface area contributed by atoms with Gasteiger partial charge in [0.2, 0.25) is 0 Å². The number of morpholine rings is 1. The monoisotopic (exact) mass is 427 g/mol. The summed E-state index contributed by atoms with van der Waals surface area (Å²) >= 11 is 3.28. The Kier molecular flexibility index (Phi) is 6.82. The Hall–Kier alpha value is -1.93. The van der Waals surface area contributed by atoms with E-state index in [0.717, 1.165) is 64.4 Å². The van der Waals surface area contributed by atoms with Crippen LogP contribution in [0.15, 0.2) is 53.4 Å². The van der Waals surface area contributed by atoms with Gasteiger partial charge in [0.1, 0.15) is 0 Å². The number of carbonyl (C=O) groups is 1. The summed E-state index contributed by atoms with van der Waals surface area (Å²) in [6.07, 6.45) is 0. The molecule has 2 heterocycles. The molecular formula is C22H25N3O2S2. The van der Waals surface area contributed by atoms with Crippen molar-refractivity contribution in [2.75, 3.05) is 50.0 Å². The van der Waals surface area contributed by atoms with Crippen molar-refractivity contribution in [3.8, 4) is 0 Å². The molecule has 0 unspecified atom stereocenters. The first-order valence-electron chi connectivity index (χ1n) is 9.95. The van der Waals surface area contributed by atoms with E-state index in [-0.39, 0.29) is 5.91 Å². The number of fused-ring (bicyclic) bond motifs is 1. The van der Waals surface area contributed by atoms with Gasteiger partial charge >= 0.3 is 0 Å². The van der Waals surface area contributed by atoms with E-state index in [4.69, 9.17) is 9.72 Å². The fraction of sp³-hybridized carbons (Fsp3) is 0.364. The molecule has 5 nitrogen and oxygen atoms in total. The van der Waals surface area contributed by atoms with Crippen molar-refractivity contribution in [3.05, 3.63) is 54.1 Å². The number of nitrogens with zero attached hydrogens (tertiary/aromatic N) is 3. The molecule has 152 valence electrons. The van der Waals surface area contributed by atoms with Crippen molar-refractivity contribution in [1.29, 1.82) is 0 Å². The predicted molar refractivity (Wildman–Crippen MR) is 121 cm³/mol. The average Bonchev–Trinajstić information content (AvgIpc) is 3.19. The number of hydrogen-bond donors (Lipinski definition) is 0. The number of para-hydroxylation sites is 1. The SMILES string of the molecule is CCSc1ccccc1C(=O)N(CCN1CCOCC1)c1nc2ccccc2s1. The zero-order valence-electron chi connectivity index (χ0n) is 16.5. The van der Waals surface area contributed by atoms with Crippen LogP contribution >= 0.6 is 23.1 Å². The second-order valence-corrected chi connectivity index (χ2v) is 9.12. The highest BCUT2D eigenvalue weighted by molar-refractivity contribution is 7.99. The molecular weight excluding hydrogens is 402 g/mol. The van der Waals surface area contributed by atoms with E-state index >= 15 is 0 Å². The topological polar surface area (TPSA) is 45.7 Å². The van der Waals surface area contributed by atoms with E-state index in [1.165, 1.54) is 0 Å². The highest BCUT2D eigenvalue weighted by Crippen LogP contribution is 2.31. The summed E-state index contributed by atoms with van der Waals surface area (Å²) in [6, 6.07) is 15.9. The highest BCUT2D eigenvalue weighted by atomic mass is 32.2. The van der Waals surface area contributed by atoms with Gasteiger partial charge in [-0.15, -0.1) is 11.8 Å².